The van der Waals surface area contributed by atoms with Crippen LogP contribution in [0.25, 0.3) is 0 Å². The van der Waals surface area contributed by atoms with Gasteiger partial charge in [0.15, 0.2) is 0 Å². The highest BCUT2D eigenvalue weighted by molar-refractivity contribution is 9.10. The molecule has 0 saturated heterocycles. The molecule has 5 heteroatoms. The molecule has 3 N–H and O–H groups in total. The Balaban J connectivity index is 2.53. The summed E-state index contributed by atoms with van der Waals surface area (Å²) in [6, 6.07) is 5.83. The Morgan fingerprint density at radius 2 is 2.28 bits per heavy atom. The van der Waals surface area contributed by atoms with Gasteiger partial charge in [0, 0.05) is 23.5 Å². The number of halogens is 1. The summed E-state index contributed by atoms with van der Waals surface area (Å²) in [5.74, 6) is 0.681. The molecule has 0 radical (unpaired) electrons. The highest BCUT2D eigenvalue weighted by Crippen LogP contribution is 2.23. The lowest BCUT2D eigenvalue weighted by atomic mass is 10.1. The number of carbonyl (C=O) groups excluding carboxylic acids is 1. The third-order valence-corrected chi connectivity index (χ3v) is 3.23. The monoisotopic (exact) mass is 314 g/mol. The number of nitrogens with one attached hydrogen (secondary N) is 1. The highest BCUT2D eigenvalue weighted by Gasteiger charge is 2.10. The minimum Gasteiger partial charge on any atom is -0.496 e. The maximum atomic E-state index is 11.6. The topological polar surface area (TPSA) is 64.3 Å². The quantitative estimate of drug-likeness (QED) is 0.840. The Labute approximate surface area is 116 Å². The van der Waals surface area contributed by atoms with E-state index in [1.807, 2.05) is 25.1 Å². The van der Waals surface area contributed by atoms with Crippen molar-refractivity contribution in [3.63, 3.8) is 0 Å². The van der Waals surface area contributed by atoms with Crippen LogP contribution in [-0.2, 0) is 11.2 Å². The van der Waals surface area contributed by atoms with Crippen molar-refractivity contribution in [2.24, 2.45) is 11.7 Å². The van der Waals surface area contributed by atoms with Gasteiger partial charge in [0.2, 0.25) is 5.91 Å². The first-order chi connectivity index (χ1) is 8.58. The number of nitrogens with two attached hydrogens (primary N) is 1. The van der Waals surface area contributed by atoms with E-state index in [9.17, 15) is 4.79 Å². The molecule has 0 aliphatic carbocycles. The Morgan fingerprint density at radius 3 is 2.89 bits per heavy atom. The van der Waals surface area contributed by atoms with Crippen LogP contribution < -0.4 is 15.8 Å². The van der Waals surface area contributed by atoms with Crippen molar-refractivity contribution in [2.75, 3.05) is 20.2 Å². The zero-order valence-corrected chi connectivity index (χ0v) is 12.3. The largest absolute Gasteiger partial charge is 0.496 e. The molecule has 1 amide bonds. The van der Waals surface area contributed by atoms with Crippen molar-refractivity contribution in [2.45, 2.75) is 13.3 Å². The van der Waals surface area contributed by atoms with E-state index >= 15 is 0 Å². The summed E-state index contributed by atoms with van der Waals surface area (Å²) in [5.41, 5.74) is 6.50. The van der Waals surface area contributed by atoms with E-state index in [-0.39, 0.29) is 11.8 Å². The van der Waals surface area contributed by atoms with Gasteiger partial charge >= 0.3 is 0 Å². The number of methoxy groups -OCH3 is 1. The molecule has 18 heavy (non-hydrogen) atoms. The van der Waals surface area contributed by atoms with E-state index in [1.165, 1.54) is 0 Å². The molecule has 0 fully saturated rings. The van der Waals surface area contributed by atoms with Gasteiger partial charge in [0.05, 0.1) is 7.11 Å². The molecule has 1 aromatic carbocycles. The number of benzene rings is 1. The first-order valence-electron chi connectivity index (χ1n) is 5.88. The molecule has 0 bridgehead atoms. The summed E-state index contributed by atoms with van der Waals surface area (Å²) in [6.07, 6.45) is 0.728. The SMILES string of the molecule is COc1ccc(Br)cc1CCNC(=O)C(C)CN. The summed E-state index contributed by atoms with van der Waals surface area (Å²) in [4.78, 5) is 11.6. The van der Waals surface area contributed by atoms with Gasteiger partial charge in [0.1, 0.15) is 5.75 Å². The van der Waals surface area contributed by atoms with E-state index in [2.05, 4.69) is 21.2 Å². The van der Waals surface area contributed by atoms with Crippen LogP contribution >= 0.6 is 15.9 Å². The van der Waals surface area contributed by atoms with Crippen LogP contribution in [-0.4, -0.2) is 26.1 Å². The van der Waals surface area contributed by atoms with E-state index < -0.39 is 0 Å². The fraction of sp³-hybridized carbons (Fsp3) is 0.462. The third-order valence-electron chi connectivity index (χ3n) is 2.74. The standard InChI is InChI=1S/C13H19BrN2O2/c1-9(8-15)13(17)16-6-5-10-7-11(14)3-4-12(10)18-2/h3-4,7,9H,5-6,8,15H2,1-2H3,(H,16,17). The Bertz CT molecular complexity index is 410. The predicted octanol–water partition coefficient (Wildman–Crippen LogP) is 1.71. The second kappa shape index (κ2) is 7.38. The van der Waals surface area contributed by atoms with Gasteiger partial charge < -0.3 is 15.8 Å². The van der Waals surface area contributed by atoms with Crippen LogP contribution in [0.15, 0.2) is 22.7 Å². The van der Waals surface area contributed by atoms with E-state index in [4.69, 9.17) is 10.5 Å². The molecule has 0 aliphatic rings. The normalized spacial score (nSPS) is 12.0. The van der Waals surface area contributed by atoms with Crippen LogP contribution in [0.4, 0.5) is 0 Å². The number of ether oxygens (including phenoxy) is 1. The van der Waals surface area contributed by atoms with E-state index in [1.54, 1.807) is 7.11 Å². The molecular formula is C13H19BrN2O2. The van der Waals surface area contributed by atoms with Gasteiger partial charge in [-0.25, -0.2) is 0 Å². The maximum Gasteiger partial charge on any atom is 0.224 e. The highest BCUT2D eigenvalue weighted by atomic mass is 79.9. The molecule has 1 unspecified atom stereocenters. The average molecular weight is 315 g/mol. The van der Waals surface area contributed by atoms with Crippen molar-refractivity contribution >= 4 is 21.8 Å². The van der Waals surface area contributed by atoms with Gasteiger partial charge in [-0.2, -0.15) is 0 Å². The lowest BCUT2D eigenvalue weighted by Gasteiger charge is -2.12. The van der Waals surface area contributed by atoms with Gasteiger partial charge in [-0.15, -0.1) is 0 Å². The summed E-state index contributed by atoms with van der Waals surface area (Å²) < 4.78 is 6.27. The molecule has 0 heterocycles. The second-order valence-electron chi connectivity index (χ2n) is 4.13. The summed E-state index contributed by atoms with van der Waals surface area (Å²) in [6.45, 7) is 2.76. The van der Waals surface area contributed by atoms with Crippen molar-refractivity contribution < 1.29 is 9.53 Å². The molecule has 100 valence electrons. The first kappa shape index (κ1) is 15.0. The van der Waals surface area contributed by atoms with Gasteiger partial charge in [-0.05, 0) is 30.2 Å². The maximum absolute atomic E-state index is 11.6. The van der Waals surface area contributed by atoms with Gasteiger partial charge in [-0.1, -0.05) is 22.9 Å². The minimum absolute atomic E-state index is 0.00790. The van der Waals surface area contributed by atoms with E-state index in [0.29, 0.717) is 13.1 Å². The third kappa shape index (κ3) is 4.31. The Morgan fingerprint density at radius 1 is 1.56 bits per heavy atom. The number of hydrogen-bond acceptors (Lipinski definition) is 3. The van der Waals surface area contributed by atoms with Crippen molar-refractivity contribution in [3.8, 4) is 5.75 Å². The Kier molecular flexibility index (Phi) is 6.15. The van der Waals surface area contributed by atoms with Crippen LogP contribution in [0.5, 0.6) is 5.75 Å². The number of hydrogen-bond donors (Lipinski definition) is 2. The fourth-order valence-corrected chi connectivity index (χ4v) is 1.95. The van der Waals surface area contributed by atoms with Crippen LogP contribution in [0.2, 0.25) is 0 Å². The molecule has 4 nitrogen and oxygen atoms in total. The summed E-state index contributed by atoms with van der Waals surface area (Å²) >= 11 is 3.42. The predicted molar refractivity (Wildman–Crippen MR) is 75.6 cm³/mol. The molecular weight excluding hydrogens is 296 g/mol. The number of amides is 1. The zero-order valence-electron chi connectivity index (χ0n) is 10.7. The van der Waals surface area contributed by atoms with Crippen LogP contribution in [0, 0.1) is 5.92 Å². The average Bonchev–Trinajstić information content (AvgIpc) is 2.38. The molecule has 1 rings (SSSR count). The first-order valence-corrected chi connectivity index (χ1v) is 6.68. The van der Waals surface area contributed by atoms with Crippen molar-refractivity contribution in [3.05, 3.63) is 28.2 Å². The number of carbonyl (C=O) groups is 1. The smallest absolute Gasteiger partial charge is 0.224 e. The zero-order chi connectivity index (χ0) is 13.5. The lowest BCUT2D eigenvalue weighted by molar-refractivity contribution is -0.124. The molecule has 1 aromatic rings. The van der Waals surface area contributed by atoms with Gasteiger partial charge in [0.25, 0.3) is 0 Å². The minimum atomic E-state index is -0.144. The fourth-order valence-electron chi connectivity index (χ4n) is 1.54. The summed E-state index contributed by atoms with van der Waals surface area (Å²) in [5, 5.41) is 2.86. The van der Waals surface area contributed by atoms with E-state index in [0.717, 1.165) is 22.2 Å². The Hall–Kier alpha value is -1.07. The molecule has 0 saturated carbocycles. The second-order valence-corrected chi connectivity index (χ2v) is 5.05. The molecule has 0 spiro atoms. The van der Waals surface area contributed by atoms with Crippen LogP contribution in [0.3, 0.4) is 0 Å². The molecule has 0 aromatic heterocycles. The number of rotatable bonds is 6. The molecule has 1 atom stereocenters. The van der Waals surface area contributed by atoms with Crippen molar-refractivity contribution in [1.82, 2.24) is 5.32 Å². The lowest BCUT2D eigenvalue weighted by Crippen LogP contribution is -2.34. The van der Waals surface area contributed by atoms with Crippen molar-refractivity contribution in [1.29, 1.82) is 0 Å². The van der Waals surface area contributed by atoms with Gasteiger partial charge in [-0.3, -0.25) is 4.79 Å². The van der Waals surface area contributed by atoms with Crippen LogP contribution in [0.1, 0.15) is 12.5 Å². The molecule has 0 aliphatic heterocycles. The summed E-state index contributed by atoms with van der Waals surface area (Å²) in [7, 11) is 1.64.